The predicted molar refractivity (Wildman–Crippen MR) is 92.2 cm³/mol. The van der Waals surface area contributed by atoms with Crippen molar-refractivity contribution in [2.24, 2.45) is 0 Å². The molecule has 0 bridgehead atoms. The number of H-pyrrole nitrogens is 1. The van der Waals surface area contributed by atoms with Crippen LogP contribution in [0.15, 0.2) is 24.4 Å². The van der Waals surface area contributed by atoms with Crippen LogP contribution in [0, 0.1) is 11.3 Å². The van der Waals surface area contributed by atoms with E-state index in [9.17, 15) is 5.26 Å². The lowest BCUT2D eigenvalue weighted by molar-refractivity contribution is 0.107. The van der Waals surface area contributed by atoms with E-state index in [4.69, 9.17) is 0 Å². The van der Waals surface area contributed by atoms with Crippen LogP contribution in [-0.4, -0.2) is 35.7 Å². The molecular weight excluding hydrogens is 284 g/mol. The zero-order chi connectivity index (χ0) is 15.6. The lowest BCUT2D eigenvalue weighted by Gasteiger charge is -2.40. The maximum absolute atomic E-state index is 9.17. The average molecular weight is 308 g/mol. The van der Waals surface area contributed by atoms with Gasteiger partial charge in [0.25, 0.3) is 0 Å². The van der Waals surface area contributed by atoms with E-state index >= 15 is 0 Å². The highest BCUT2D eigenvalue weighted by molar-refractivity contribution is 5.85. The SMILES string of the molecule is N#Cc1ccc2[nH]cc(C3CCNC(N4CCCCC4)C3)c2c1. The summed E-state index contributed by atoms with van der Waals surface area (Å²) in [5, 5.41) is 14.1. The van der Waals surface area contributed by atoms with Gasteiger partial charge in [0.2, 0.25) is 0 Å². The second-order valence-corrected chi connectivity index (χ2v) is 6.90. The van der Waals surface area contributed by atoms with Crippen molar-refractivity contribution < 1.29 is 0 Å². The molecule has 23 heavy (non-hydrogen) atoms. The van der Waals surface area contributed by atoms with Crippen molar-refractivity contribution in [2.45, 2.75) is 44.2 Å². The number of aromatic nitrogens is 1. The first-order valence-electron chi connectivity index (χ1n) is 8.84. The molecule has 0 aliphatic carbocycles. The lowest BCUT2D eigenvalue weighted by Crippen LogP contribution is -2.51. The maximum Gasteiger partial charge on any atom is 0.0991 e. The van der Waals surface area contributed by atoms with Crippen molar-refractivity contribution in [3.05, 3.63) is 35.5 Å². The zero-order valence-electron chi connectivity index (χ0n) is 13.5. The van der Waals surface area contributed by atoms with E-state index in [-0.39, 0.29) is 0 Å². The average Bonchev–Trinajstić information content (AvgIpc) is 3.05. The Kier molecular flexibility index (Phi) is 4.07. The minimum absolute atomic E-state index is 0.512. The van der Waals surface area contributed by atoms with Crippen molar-refractivity contribution in [3.63, 3.8) is 0 Å². The van der Waals surface area contributed by atoms with E-state index in [0.717, 1.165) is 17.6 Å². The summed E-state index contributed by atoms with van der Waals surface area (Å²) in [7, 11) is 0. The molecule has 2 saturated heterocycles. The van der Waals surface area contributed by atoms with Crippen LogP contribution in [0.2, 0.25) is 0 Å². The highest BCUT2D eigenvalue weighted by atomic mass is 15.3. The second-order valence-electron chi connectivity index (χ2n) is 6.90. The van der Waals surface area contributed by atoms with Gasteiger partial charge in [0.1, 0.15) is 0 Å². The third-order valence-electron chi connectivity index (χ3n) is 5.49. The number of nitriles is 1. The van der Waals surface area contributed by atoms with Gasteiger partial charge in [0.15, 0.2) is 0 Å². The summed E-state index contributed by atoms with van der Waals surface area (Å²) in [6.45, 7) is 3.55. The Bertz CT molecular complexity index is 721. The van der Waals surface area contributed by atoms with Gasteiger partial charge in [-0.05, 0) is 75.0 Å². The van der Waals surface area contributed by atoms with Crippen LogP contribution in [0.4, 0.5) is 0 Å². The van der Waals surface area contributed by atoms with Crippen LogP contribution in [0.5, 0.6) is 0 Å². The molecule has 0 saturated carbocycles. The summed E-state index contributed by atoms with van der Waals surface area (Å²) in [4.78, 5) is 6.02. The molecule has 1 aromatic carbocycles. The molecule has 4 heteroatoms. The first-order valence-corrected chi connectivity index (χ1v) is 8.84. The summed E-state index contributed by atoms with van der Waals surface area (Å²) < 4.78 is 0. The molecule has 0 amide bonds. The topological polar surface area (TPSA) is 54.9 Å². The maximum atomic E-state index is 9.17. The Hall–Kier alpha value is -1.83. The van der Waals surface area contributed by atoms with Crippen LogP contribution < -0.4 is 5.32 Å². The zero-order valence-corrected chi connectivity index (χ0v) is 13.5. The van der Waals surface area contributed by atoms with Crippen LogP contribution in [-0.2, 0) is 0 Å². The van der Waals surface area contributed by atoms with Crippen LogP contribution in [0.1, 0.15) is 49.1 Å². The second kappa shape index (κ2) is 6.35. The molecule has 2 atom stereocenters. The normalized spacial score (nSPS) is 26.2. The quantitative estimate of drug-likeness (QED) is 0.895. The molecule has 2 fully saturated rings. The van der Waals surface area contributed by atoms with Crippen molar-refractivity contribution in [1.29, 1.82) is 5.26 Å². The van der Waals surface area contributed by atoms with E-state index in [1.54, 1.807) is 0 Å². The van der Waals surface area contributed by atoms with Gasteiger partial charge in [-0.15, -0.1) is 0 Å². The van der Waals surface area contributed by atoms with Crippen molar-refractivity contribution >= 4 is 10.9 Å². The van der Waals surface area contributed by atoms with E-state index in [1.807, 2.05) is 18.2 Å². The molecule has 1 aromatic heterocycles. The third-order valence-corrected chi connectivity index (χ3v) is 5.49. The number of aromatic amines is 1. The summed E-state index contributed by atoms with van der Waals surface area (Å²) in [5.74, 6) is 0.575. The van der Waals surface area contributed by atoms with Crippen LogP contribution in [0.3, 0.4) is 0 Å². The predicted octanol–water partition coefficient (Wildman–Crippen LogP) is 3.32. The molecule has 2 aliphatic heterocycles. The fourth-order valence-electron chi connectivity index (χ4n) is 4.24. The van der Waals surface area contributed by atoms with E-state index in [2.05, 4.69) is 27.5 Å². The number of hydrogen-bond acceptors (Lipinski definition) is 3. The number of likely N-dealkylation sites (tertiary alicyclic amines) is 1. The molecule has 2 N–H and O–H groups in total. The van der Waals surface area contributed by atoms with Crippen molar-refractivity contribution in [1.82, 2.24) is 15.2 Å². The number of nitrogens with one attached hydrogen (secondary N) is 2. The molecule has 0 radical (unpaired) electrons. The first kappa shape index (κ1) is 14.7. The molecule has 4 nitrogen and oxygen atoms in total. The third kappa shape index (κ3) is 2.87. The summed E-state index contributed by atoms with van der Waals surface area (Å²) in [6, 6.07) is 8.22. The molecule has 2 aliphatic rings. The molecule has 120 valence electrons. The fourth-order valence-corrected chi connectivity index (χ4v) is 4.24. The number of fused-ring (bicyclic) bond motifs is 1. The van der Waals surface area contributed by atoms with E-state index < -0.39 is 0 Å². The first-order chi connectivity index (χ1) is 11.3. The molecular formula is C19H24N4. The van der Waals surface area contributed by atoms with Gasteiger partial charge in [-0.3, -0.25) is 4.90 Å². The van der Waals surface area contributed by atoms with Gasteiger partial charge in [-0.2, -0.15) is 5.26 Å². The van der Waals surface area contributed by atoms with Gasteiger partial charge in [-0.1, -0.05) is 6.42 Å². The van der Waals surface area contributed by atoms with Crippen molar-refractivity contribution in [2.75, 3.05) is 19.6 Å². The van der Waals surface area contributed by atoms with Crippen LogP contribution in [0.25, 0.3) is 10.9 Å². The summed E-state index contributed by atoms with van der Waals surface area (Å²) in [6.07, 6.45) is 9.07. The highest BCUT2D eigenvalue weighted by Crippen LogP contribution is 2.34. The lowest BCUT2D eigenvalue weighted by atomic mass is 9.87. The standard InChI is InChI=1S/C19H24N4/c20-12-14-4-5-18-16(10-14)17(13-22-18)15-6-7-21-19(11-15)23-8-2-1-3-9-23/h4-5,10,13,15,19,21-22H,1-3,6-9,11H2. The van der Waals surface area contributed by atoms with Crippen molar-refractivity contribution in [3.8, 4) is 6.07 Å². The Morgan fingerprint density at radius 1 is 1.17 bits per heavy atom. The number of piperidine rings is 2. The fraction of sp³-hybridized carbons (Fsp3) is 0.526. The van der Waals surface area contributed by atoms with Gasteiger partial charge < -0.3 is 10.3 Å². The monoisotopic (exact) mass is 308 g/mol. The highest BCUT2D eigenvalue weighted by Gasteiger charge is 2.29. The summed E-state index contributed by atoms with van der Waals surface area (Å²) in [5.41, 5.74) is 3.28. The van der Waals surface area contributed by atoms with Gasteiger partial charge >= 0.3 is 0 Å². The molecule has 3 heterocycles. The molecule has 4 rings (SSSR count). The Morgan fingerprint density at radius 2 is 2.04 bits per heavy atom. The summed E-state index contributed by atoms with van der Waals surface area (Å²) >= 11 is 0. The number of hydrogen-bond donors (Lipinski definition) is 2. The van der Waals surface area contributed by atoms with Crippen LogP contribution >= 0.6 is 0 Å². The number of nitrogens with zero attached hydrogens (tertiary/aromatic N) is 2. The van der Waals surface area contributed by atoms with Gasteiger partial charge in [-0.25, -0.2) is 0 Å². The smallest absolute Gasteiger partial charge is 0.0991 e. The largest absolute Gasteiger partial charge is 0.361 e. The number of rotatable bonds is 2. The van der Waals surface area contributed by atoms with Gasteiger partial charge in [0, 0.05) is 17.1 Å². The Labute approximate surface area is 137 Å². The van der Waals surface area contributed by atoms with Gasteiger partial charge in [0.05, 0.1) is 17.8 Å². The van der Waals surface area contributed by atoms with E-state index in [0.29, 0.717) is 12.1 Å². The molecule has 2 unspecified atom stereocenters. The molecule has 0 spiro atoms. The van der Waals surface area contributed by atoms with E-state index in [1.165, 1.54) is 56.1 Å². The minimum Gasteiger partial charge on any atom is -0.361 e. The molecule has 2 aromatic rings. The number of benzene rings is 1. The Balaban J connectivity index is 1.58. The Morgan fingerprint density at radius 3 is 2.87 bits per heavy atom. The minimum atomic E-state index is 0.512.